The van der Waals surface area contributed by atoms with Crippen LogP contribution in [0.25, 0.3) is 0 Å². The number of hydrogen-bond donors (Lipinski definition) is 0. The van der Waals surface area contributed by atoms with Gasteiger partial charge in [0.05, 0.1) is 20.2 Å². The van der Waals surface area contributed by atoms with Crippen molar-refractivity contribution < 1.29 is 14.3 Å². The maximum absolute atomic E-state index is 12.8. The maximum atomic E-state index is 12.8. The first-order chi connectivity index (χ1) is 13.6. The summed E-state index contributed by atoms with van der Waals surface area (Å²) >= 11 is 0. The number of para-hydroxylation sites is 1. The molecule has 1 saturated heterocycles. The summed E-state index contributed by atoms with van der Waals surface area (Å²) in [6, 6.07) is 15.8. The molecule has 0 aliphatic carbocycles. The first kappa shape index (κ1) is 18.5. The Morgan fingerprint density at radius 1 is 1.07 bits per heavy atom. The number of carbonyl (C=O) groups is 2. The van der Waals surface area contributed by atoms with Gasteiger partial charge in [0.1, 0.15) is 5.75 Å². The van der Waals surface area contributed by atoms with Crippen LogP contribution < -0.4 is 9.64 Å². The number of carbonyl (C=O) groups excluding carboxylic acids is 2. The SMILES string of the molecule is COc1cccc(CN2CCN(CC(=O)N3CCc4ccccc43)CC2=O)c1. The number of rotatable bonds is 5. The molecule has 1 fully saturated rings. The number of fused-ring (bicyclic) bond motifs is 1. The standard InChI is InChI=1S/C22H25N3O3/c1-28-19-7-4-5-17(13-19)14-24-12-11-23(15-21(24)26)16-22(27)25-10-9-18-6-2-3-8-20(18)25/h2-8,13H,9-12,14-16H2,1H3. The number of piperazine rings is 1. The molecule has 4 rings (SSSR count). The second-order valence-electron chi connectivity index (χ2n) is 7.30. The van der Waals surface area contributed by atoms with Crippen LogP contribution in [0, 0.1) is 0 Å². The molecule has 0 saturated carbocycles. The lowest BCUT2D eigenvalue weighted by molar-refractivity contribution is -0.137. The third-order valence-electron chi connectivity index (χ3n) is 5.45. The molecular weight excluding hydrogens is 354 g/mol. The van der Waals surface area contributed by atoms with Crippen molar-refractivity contribution in [1.29, 1.82) is 0 Å². The van der Waals surface area contributed by atoms with Crippen molar-refractivity contribution >= 4 is 17.5 Å². The Hall–Kier alpha value is -2.86. The van der Waals surface area contributed by atoms with Gasteiger partial charge in [-0.2, -0.15) is 0 Å². The van der Waals surface area contributed by atoms with E-state index in [9.17, 15) is 9.59 Å². The van der Waals surface area contributed by atoms with Gasteiger partial charge in [-0.15, -0.1) is 0 Å². The fraction of sp³-hybridized carbons (Fsp3) is 0.364. The summed E-state index contributed by atoms with van der Waals surface area (Å²) in [7, 11) is 1.64. The lowest BCUT2D eigenvalue weighted by Crippen LogP contribution is -2.52. The first-order valence-corrected chi connectivity index (χ1v) is 9.65. The Morgan fingerprint density at radius 3 is 2.75 bits per heavy atom. The third kappa shape index (κ3) is 3.87. The van der Waals surface area contributed by atoms with Gasteiger partial charge in [0.2, 0.25) is 11.8 Å². The second kappa shape index (κ2) is 8.02. The Bertz CT molecular complexity index is 883. The van der Waals surface area contributed by atoms with Crippen LogP contribution in [0.4, 0.5) is 5.69 Å². The number of nitrogens with zero attached hydrogens (tertiary/aromatic N) is 3. The normalized spacial score (nSPS) is 17.0. The molecule has 146 valence electrons. The molecule has 2 amide bonds. The van der Waals surface area contributed by atoms with Gasteiger partial charge < -0.3 is 14.5 Å². The molecule has 0 radical (unpaired) electrons. The summed E-state index contributed by atoms with van der Waals surface area (Å²) in [5, 5.41) is 0. The summed E-state index contributed by atoms with van der Waals surface area (Å²) in [4.78, 5) is 31.0. The highest BCUT2D eigenvalue weighted by Gasteiger charge is 2.29. The number of benzene rings is 2. The predicted octanol–water partition coefficient (Wildman–Crippen LogP) is 1.93. The molecule has 0 unspecified atom stereocenters. The quantitative estimate of drug-likeness (QED) is 0.797. The largest absolute Gasteiger partial charge is 0.497 e. The molecule has 0 spiro atoms. The summed E-state index contributed by atoms with van der Waals surface area (Å²) in [6.07, 6.45) is 0.898. The average Bonchev–Trinajstić information content (AvgIpc) is 3.14. The van der Waals surface area contributed by atoms with Gasteiger partial charge >= 0.3 is 0 Å². The van der Waals surface area contributed by atoms with E-state index in [2.05, 4.69) is 6.07 Å². The topological polar surface area (TPSA) is 53.1 Å². The van der Waals surface area contributed by atoms with Crippen molar-refractivity contribution in [3.05, 3.63) is 59.7 Å². The van der Waals surface area contributed by atoms with E-state index in [-0.39, 0.29) is 24.9 Å². The van der Waals surface area contributed by atoms with E-state index in [1.165, 1.54) is 5.56 Å². The summed E-state index contributed by atoms with van der Waals surface area (Å²) in [5.74, 6) is 0.919. The van der Waals surface area contributed by atoms with E-state index in [0.29, 0.717) is 19.6 Å². The van der Waals surface area contributed by atoms with Crippen molar-refractivity contribution in [2.45, 2.75) is 13.0 Å². The molecule has 2 aromatic carbocycles. The lowest BCUT2D eigenvalue weighted by Gasteiger charge is -2.34. The van der Waals surface area contributed by atoms with Gasteiger partial charge in [-0.3, -0.25) is 14.5 Å². The van der Waals surface area contributed by atoms with Gasteiger partial charge in [-0.05, 0) is 35.7 Å². The van der Waals surface area contributed by atoms with Gasteiger partial charge in [-0.1, -0.05) is 30.3 Å². The van der Waals surface area contributed by atoms with E-state index in [1.807, 2.05) is 57.2 Å². The number of hydrogen-bond acceptors (Lipinski definition) is 4. The number of anilines is 1. The Labute approximate surface area is 165 Å². The van der Waals surface area contributed by atoms with Gasteiger partial charge in [0.15, 0.2) is 0 Å². The van der Waals surface area contributed by atoms with Crippen LogP contribution >= 0.6 is 0 Å². The Morgan fingerprint density at radius 2 is 1.93 bits per heavy atom. The van der Waals surface area contributed by atoms with E-state index < -0.39 is 0 Å². The van der Waals surface area contributed by atoms with Crippen molar-refractivity contribution in [2.75, 3.05) is 44.7 Å². The number of ether oxygens (including phenoxy) is 1. The molecule has 0 aromatic heterocycles. The highest BCUT2D eigenvalue weighted by molar-refractivity contribution is 5.97. The highest BCUT2D eigenvalue weighted by Crippen LogP contribution is 2.27. The third-order valence-corrected chi connectivity index (χ3v) is 5.45. The lowest BCUT2D eigenvalue weighted by atomic mass is 10.2. The van der Waals surface area contributed by atoms with E-state index >= 15 is 0 Å². The molecule has 6 nitrogen and oxygen atoms in total. The number of methoxy groups -OCH3 is 1. The van der Waals surface area contributed by atoms with Crippen LogP contribution in [0.15, 0.2) is 48.5 Å². The molecule has 6 heteroatoms. The zero-order valence-electron chi connectivity index (χ0n) is 16.1. The number of amides is 2. The van der Waals surface area contributed by atoms with Crippen LogP contribution in [-0.2, 0) is 22.6 Å². The fourth-order valence-electron chi connectivity index (χ4n) is 3.92. The van der Waals surface area contributed by atoms with E-state index in [1.54, 1.807) is 7.11 Å². The van der Waals surface area contributed by atoms with Crippen LogP contribution in [0.2, 0.25) is 0 Å². The first-order valence-electron chi connectivity index (χ1n) is 9.65. The van der Waals surface area contributed by atoms with Crippen molar-refractivity contribution in [3.8, 4) is 5.75 Å². The molecule has 2 aliphatic heterocycles. The van der Waals surface area contributed by atoms with Crippen LogP contribution in [0.3, 0.4) is 0 Å². The Kier molecular flexibility index (Phi) is 5.30. The van der Waals surface area contributed by atoms with Crippen molar-refractivity contribution in [1.82, 2.24) is 9.80 Å². The van der Waals surface area contributed by atoms with Gasteiger partial charge in [0, 0.05) is 31.9 Å². The van der Waals surface area contributed by atoms with Crippen LogP contribution in [0.5, 0.6) is 5.75 Å². The minimum absolute atomic E-state index is 0.0590. The Balaban J connectivity index is 1.33. The molecule has 2 aliphatic rings. The van der Waals surface area contributed by atoms with E-state index in [4.69, 9.17) is 4.74 Å². The van der Waals surface area contributed by atoms with Gasteiger partial charge in [0.25, 0.3) is 0 Å². The summed E-state index contributed by atoms with van der Waals surface area (Å²) in [6.45, 7) is 3.19. The molecule has 0 N–H and O–H groups in total. The molecule has 28 heavy (non-hydrogen) atoms. The molecular formula is C22H25N3O3. The second-order valence-corrected chi connectivity index (χ2v) is 7.30. The molecule has 2 heterocycles. The minimum atomic E-state index is 0.0590. The van der Waals surface area contributed by atoms with Crippen molar-refractivity contribution in [3.63, 3.8) is 0 Å². The zero-order valence-corrected chi connectivity index (χ0v) is 16.1. The van der Waals surface area contributed by atoms with E-state index in [0.717, 1.165) is 30.0 Å². The molecule has 0 atom stereocenters. The molecule has 2 aromatic rings. The molecule has 0 bridgehead atoms. The summed E-state index contributed by atoms with van der Waals surface area (Å²) in [5.41, 5.74) is 3.27. The minimum Gasteiger partial charge on any atom is -0.497 e. The predicted molar refractivity (Wildman–Crippen MR) is 107 cm³/mol. The maximum Gasteiger partial charge on any atom is 0.241 e. The van der Waals surface area contributed by atoms with Crippen LogP contribution in [-0.4, -0.2) is 61.4 Å². The average molecular weight is 379 g/mol. The monoisotopic (exact) mass is 379 g/mol. The van der Waals surface area contributed by atoms with Gasteiger partial charge in [-0.25, -0.2) is 0 Å². The zero-order chi connectivity index (χ0) is 19.5. The van der Waals surface area contributed by atoms with Crippen molar-refractivity contribution in [2.24, 2.45) is 0 Å². The highest BCUT2D eigenvalue weighted by atomic mass is 16.5. The fourth-order valence-corrected chi connectivity index (χ4v) is 3.92. The van der Waals surface area contributed by atoms with Crippen LogP contribution in [0.1, 0.15) is 11.1 Å². The summed E-state index contributed by atoms with van der Waals surface area (Å²) < 4.78 is 5.25. The smallest absolute Gasteiger partial charge is 0.241 e.